The molecule has 0 atom stereocenters. The summed E-state index contributed by atoms with van der Waals surface area (Å²) in [6, 6.07) is 6.22. The van der Waals surface area contributed by atoms with Crippen molar-refractivity contribution in [3.63, 3.8) is 0 Å². The van der Waals surface area contributed by atoms with Crippen LogP contribution in [0.1, 0.15) is 26.2 Å². The Morgan fingerprint density at radius 1 is 1.18 bits per heavy atom. The van der Waals surface area contributed by atoms with E-state index in [1.54, 1.807) is 17.0 Å². The lowest BCUT2D eigenvalue weighted by Gasteiger charge is -2.33. The summed E-state index contributed by atoms with van der Waals surface area (Å²) in [5.41, 5.74) is 0. The van der Waals surface area contributed by atoms with E-state index in [2.05, 4.69) is 4.72 Å². The van der Waals surface area contributed by atoms with E-state index < -0.39 is 10.0 Å². The molecule has 0 radical (unpaired) electrons. The van der Waals surface area contributed by atoms with Gasteiger partial charge in [0.1, 0.15) is 5.75 Å². The van der Waals surface area contributed by atoms with Gasteiger partial charge >= 0.3 is 0 Å². The number of benzene rings is 1. The number of sulfonamides is 1. The third kappa shape index (κ3) is 5.44. The fourth-order valence-electron chi connectivity index (χ4n) is 3.49. The second-order valence-corrected chi connectivity index (χ2v) is 8.65. The fraction of sp³-hybridized carbons (Fsp3) is 0.632. The first-order valence-corrected chi connectivity index (χ1v) is 11.2. The molecule has 2 aliphatic heterocycles. The Kier molecular flexibility index (Phi) is 7.28. The molecule has 9 heteroatoms. The summed E-state index contributed by atoms with van der Waals surface area (Å²) >= 11 is 0. The molecule has 2 heterocycles. The Morgan fingerprint density at radius 2 is 1.82 bits per heavy atom. The number of ether oxygens (including phenoxy) is 3. The summed E-state index contributed by atoms with van der Waals surface area (Å²) in [6.07, 6.45) is 1.68. The van der Waals surface area contributed by atoms with Gasteiger partial charge in [-0.3, -0.25) is 4.79 Å². The number of hydrogen-bond donors (Lipinski definition) is 1. The largest absolute Gasteiger partial charge is 0.494 e. The smallest absolute Gasteiger partial charge is 0.240 e. The van der Waals surface area contributed by atoms with Crippen LogP contribution in [0.5, 0.6) is 5.75 Å². The molecule has 1 aromatic carbocycles. The van der Waals surface area contributed by atoms with Crippen molar-refractivity contribution in [2.45, 2.75) is 37.4 Å². The van der Waals surface area contributed by atoms with Gasteiger partial charge in [-0.15, -0.1) is 0 Å². The van der Waals surface area contributed by atoms with E-state index in [0.717, 1.165) is 12.8 Å². The zero-order valence-corrected chi connectivity index (χ0v) is 16.9. The van der Waals surface area contributed by atoms with Crippen molar-refractivity contribution < 1.29 is 27.4 Å². The maximum absolute atomic E-state index is 12.4. The van der Waals surface area contributed by atoms with Gasteiger partial charge < -0.3 is 19.1 Å². The van der Waals surface area contributed by atoms with Crippen LogP contribution in [0.25, 0.3) is 0 Å². The van der Waals surface area contributed by atoms with E-state index in [0.29, 0.717) is 44.6 Å². The summed E-state index contributed by atoms with van der Waals surface area (Å²) in [4.78, 5) is 14.3. The number of hydrogen-bond acceptors (Lipinski definition) is 6. The quantitative estimate of drug-likeness (QED) is 0.693. The number of likely N-dealkylation sites (tertiary alicyclic amines) is 1. The molecule has 28 heavy (non-hydrogen) atoms. The Balaban J connectivity index is 1.42. The number of carbonyl (C=O) groups excluding carboxylic acids is 1. The van der Waals surface area contributed by atoms with Crippen LogP contribution in [-0.4, -0.2) is 65.0 Å². The van der Waals surface area contributed by atoms with Crippen molar-refractivity contribution in [2.24, 2.45) is 5.92 Å². The Bertz CT molecular complexity index is 738. The van der Waals surface area contributed by atoms with E-state index in [9.17, 15) is 13.2 Å². The molecule has 1 amide bonds. The van der Waals surface area contributed by atoms with Crippen LogP contribution < -0.4 is 9.46 Å². The number of carbonyl (C=O) groups is 1. The molecule has 2 fully saturated rings. The minimum Gasteiger partial charge on any atom is -0.494 e. The number of rotatable bonds is 8. The average Bonchev–Trinajstić information content (AvgIpc) is 3.23. The molecule has 2 saturated heterocycles. The molecule has 3 rings (SSSR count). The maximum atomic E-state index is 12.4. The minimum atomic E-state index is -3.65. The number of amides is 1. The summed E-state index contributed by atoms with van der Waals surface area (Å²) < 4.78 is 43.6. The van der Waals surface area contributed by atoms with Gasteiger partial charge in [-0.05, 0) is 44.0 Å². The summed E-state index contributed by atoms with van der Waals surface area (Å²) in [5.74, 6) is 0.902. The highest BCUT2D eigenvalue weighted by atomic mass is 32.2. The SMILES string of the molecule is CCOc1ccc(S(=O)(=O)NCCC(=O)N2CCC(C3OCCO3)CC2)cc1. The minimum absolute atomic E-state index is 0.0406. The highest BCUT2D eigenvalue weighted by molar-refractivity contribution is 7.89. The predicted octanol–water partition coefficient (Wildman–Crippen LogP) is 1.37. The van der Waals surface area contributed by atoms with Crippen LogP contribution >= 0.6 is 0 Å². The number of nitrogens with one attached hydrogen (secondary N) is 1. The molecule has 0 aromatic heterocycles. The molecular weight excluding hydrogens is 384 g/mol. The van der Waals surface area contributed by atoms with Gasteiger partial charge in [0.15, 0.2) is 6.29 Å². The third-order valence-corrected chi connectivity index (χ3v) is 6.48. The molecule has 156 valence electrons. The Morgan fingerprint density at radius 3 is 2.43 bits per heavy atom. The zero-order chi connectivity index (χ0) is 20.0. The molecule has 0 bridgehead atoms. The Labute approximate surface area is 166 Å². The van der Waals surface area contributed by atoms with Crippen LogP contribution in [0.4, 0.5) is 0 Å². The molecule has 8 nitrogen and oxygen atoms in total. The standard InChI is InChI=1S/C19H28N2O6S/c1-2-25-16-3-5-17(6-4-16)28(23,24)20-10-7-18(22)21-11-8-15(9-12-21)19-26-13-14-27-19/h3-6,15,19-20H,2,7-14H2,1H3. The Hall–Kier alpha value is -1.68. The number of piperidine rings is 1. The van der Waals surface area contributed by atoms with Crippen molar-refractivity contribution in [2.75, 3.05) is 39.5 Å². The summed E-state index contributed by atoms with van der Waals surface area (Å²) in [6.45, 7) is 5.03. The van der Waals surface area contributed by atoms with Crippen LogP contribution in [-0.2, 0) is 24.3 Å². The zero-order valence-electron chi connectivity index (χ0n) is 16.1. The van der Waals surface area contributed by atoms with Crippen molar-refractivity contribution in [3.8, 4) is 5.75 Å². The molecule has 1 N–H and O–H groups in total. The van der Waals surface area contributed by atoms with Gasteiger partial charge in [0.05, 0.1) is 24.7 Å². The molecule has 0 spiro atoms. The second-order valence-electron chi connectivity index (χ2n) is 6.88. The molecule has 0 saturated carbocycles. The maximum Gasteiger partial charge on any atom is 0.240 e. The van der Waals surface area contributed by atoms with Crippen molar-refractivity contribution in [1.82, 2.24) is 9.62 Å². The third-order valence-electron chi connectivity index (χ3n) is 5.00. The lowest BCUT2D eigenvalue weighted by molar-refractivity contribution is -0.136. The second kappa shape index (κ2) is 9.69. The molecule has 1 aromatic rings. The van der Waals surface area contributed by atoms with E-state index in [4.69, 9.17) is 14.2 Å². The van der Waals surface area contributed by atoms with Gasteiger partial charge in [-0.25, -0.2) is 13.1 Å². The van der Waals surface area contributed by atoms with Crippen LogP contribution in [0.3, 0.4) is 0 Å². The molecular formula is C19H28N2O6S. The normalized spacial score (nSPS) is 19.1. The van der Waals surface area contributed by atoms with Gasteiger partial charge in [0.25, 0.3) is 0 Å². The highest BCUT2D eigenvalue weighted by Gasteiger charge is 2.31. The molecule has 0 unspecified atom stereocenters. The summed E-state index contributed by atoms with van der Waals surface area (Å²) in [7, 11) is -3.65. The first kappa shape index (κ1) is 21.0. The fourth-order valence-corrected chi connectivity index (χ4v) is 4.52. The van der Waals surface area contributed by atoms with Crippen molar-refractivity contribution >= 4 is 15.9 Å². The first-order valence-electron chi connectivity index (χ1n) is 9.73. The van der Waals surface area contributed by atoms with E-state index in [1.165, 1.54) is 12.1 Å². The van der Waals surface area contributed by atoms with E-state index in [-0.39, 0.29) is 30.1 Å². The molecule has 0 aliphatic carbocycles. The predicted molar refractivity (Wildman–Crippen MR) is 102 cm³/mol. The van der Waals surface area contributed by atoms with Crippen LogP contribution in [0, 0.1) is 5.92 Å². The van der Waals surface area contributed by atoms with Gasteiger partial charge in [0, 0.05) is 32.0 Å². The molecule has 2 aliphatic rings. The van der Waals surface area contributed by atoms with Crippen molar-refractivity contribution in [3.05, 3.63) is 24.3 Å². The summed E-state index contributed by atoms with van der Waals surface area (Å²) in [5, 5.41) is 0. The monoisotopic (exact) mass is 412 g/mol. The van der Waals surface area contributed by atoms with Crippen LogP contribution in [0.2, 0.25) is 0 Å². The van der Waals surface area contributed by atoms with Gasteiger partial charge in [0.2, 0.25) is 15.9 Å². The van der Waals surface area contributed by atoms with Crippen LogP contribution in [0.15, 0.2) is 29.2 Å². The van der Waals surface area contributed by atoms with Gasteiger partial charge in [-0.1, -0.05) is 0 Å². The lowest BCUT2D eigenvalue weighted by atomic mass is 9.96. The highest BCUT2D eigenvalue weighted by Crippen LogP contribution is 2.26. The first-order chi connectivity index (χ1) is 13.5. The lowest BCUT2D eigenvalue weighted by Crippen LogP contribution is -2.42. The van der Waals surface area contributed by atoms with E-state index in [1.807, 2.05) is 6.92 Å². The number of nitrogens with zero attached hydrogens (tertiary/aromatic N) is 1. The van der Waals surface area contributed by atoms with Crippen molar-refractivity contribution in [1.29, 1.82) is 0 Å². The topological polar surface area (TPSA) is 94.2 Å². The van der Waals surface area contributed by atoms with Gasteiger partial charge in [-0.2, -0.15) is 0 Å². The average molecular weight is 413 g/mol. The van der Waals surface area contributed by atoms with E-state index >= 15 is 0 Å².